The molecule has 2 atom stereocenters. The number of hydrogen-bond donors (Lipinski definition) is 2. The van der Waals surface area contributed by atoms with Gasteiger partial charge in [0.05, 0.1) is 19.0 Å². The summed E-state index contributed by atoms with van der Waals surface area (Å²) < 4.78 is 7.54. The summed E-state index contributed by atoms with van der Waals surface area (Å²) in [6.45, 7) is 1.78. The van der Waals surface area contributed by atoms with Crippen molar-refractivity contribution in [3.8, 4) is 0 Å². The lowest BCUT2D eigenvalue weighted by Crippen LogP contribution is -2.14. The van der Waals surface area contributed by atoms with E-state index in [2.05, 4.69) is 20.3 Å². The summed E-state index contributed by atoms with van der Waals surface area (Å²) in [7, 11) is 0. The first-order valence-corrected chi connectivity index (χ1v) is 6.96. The average molecular weight is 291 g/mol. The van der Waals surface area contributed by atoms with Crippen molar-refractivity contribution in [2.75, 3.05) is 11.9 Å². The van der Waals surface area contributed by atoms with E-state index in [1.54, 1.807) is 13.3 Å². The number of carbonyl (C=O) groups excluding carboxylic acids is 1. The zero-order valence-electron chi connectivity index (χ0n) is 11.7. The van der Waals surface area contributed by atoms with Crippen LogP contribution < -0.4 is 5.32 Å². The third-order valence-corrected chi connectivity index (χ3v) is 3.54. The highest BCUT2D eigenvalue weighted by Gasteiger charge is 2.27. The number of rotatable bonds is 4. The van der Waals surface area contributed by atoms with Gasteiger partial charge >= 0.3 is 0 Å². The van der Waals surface area contributed by atoms with Crippen LogP contribution in [-0.4, -0.2) is 43.2 Å². The molecule has 21 heavy (non-hydrogen) atoms. The molecular weight excluding hydrogens is 274 g/mol. The number of ether oxygens (including phenoxy) is 1. The highest BCUT2D eigenvalue weighted by atomic mass is 16.5. The third kappa shape index (κ3) is 2.59. The van der Waals surface area contributed by atoms with Crippen LogP contribution in [0.3, 0.4) is 0 Å². The molecule has 1 amide bonds. The summed E-state index contributed by atoms with van der Waals surface area (Å²) in [6.07, 6.45) is 4.64. The number of anilines is 1. The van der Waals surface area contributed by atoms with Crippen LogP contribution in [0.5, 0.6) is 0 Å². The van der Waals surface area contributed by atoms with E-state index in [-0.39, 0.29) is 24.8 Å². The number of nitrogens with zero attached hydrogens (tertiary/aromatic N) is 4. The summed E-state index contributed by atoms with van der Waals surface area (Å²) in [5.41, 5.74) is 1.15. The van der Waals surface area contributed by atoms with E-state index < -0.39 is 0 Å². The lowest BCUT2D eigenvalue weighted by molar-refractivity contribution is -0.115. The van der Waals surface area contributed by atoms with Crippen LogP contribution in [0.25, 0.3) is 11.2 Å². The molecule has 0 radical (unpaired) electrons. The number of aromatic nitrogens is 4. The SMILES string of the molecule is CCC(=O)Nc1ncnc2c1ncn2[C@H]1CC[C@@H](CO)O1. The number of nitrogens with one attached hydrogen (secondary N) is 1. The first kappa shape index (κ1) is 13.9. The van der Waals surface area contributed by atoms with Gasteiger partial charge in [-0.3, -0.25) is 9.36 Å². The van der Waals surface area contributed by atoms with Gasteiger partial charge in [0, 0.05) is 6.42 Å². The topological polar surface area (TPSA) is 102 Å². The maximum absolute atomic E-state index is 11.5. The summed E-state index contributed by atoms with van der Waals surface area (Å²) >= 11 is 0. The molecule has 1 aliphatic heterocycles. The van der Waals surface area contributed by atoms with E-state index >= 15 is 0 Å². The second kappa shape index (κ2) is 5.74. The van der Waals surface area contributed by atoms with E-state index in [9.17, 15) is 4.79 Å². The van der Waals surface area contributed by atoms with E-state index in [1.165, 1.54) is 6.33 Å². The van der Waals surface area contributed by atoms with Crippen molar-refractivity contribution in [3.63, 3.8) is 0 Å². The molecule has 3 rings (SSSR count). The number of carbonyl (C=O) groups is 1. The van der Waals surface area contributed by atoms with Gasteiger partial charge < -0.3 is 15.2 Å². The molecular formula is C13H17N5O3. The molecule has 1 aliphatic rings. The van der Waals surface area contributed by atoms with Gasteiger partial charge in [0.25, 0.3) is 0 Å². The van der Waals surface area contributed by atoms with Crippen molar-refractivity contribution in [1.82, 2.24) is 19.5 Å². The Morgan fingerprint density at radius 1 is 1.48 bits per heavy atom. The van der Waals surface area contributed by atoms with Crippen LogP contribution in [0.2, 0.25) is 0 Å². The molecule has 112 valence electrons. The summed E-state index contributed by atoms with van der Waals surface area (Å²) in [5.74, 6) is 0.282. The van der Waals surface area contributed by atoms with Crippen molar-refractivity contribution < 1.29 is 14.6 Å². The van der Waals surface area contributed by atoms with Crippen molar-refractivity contribution in [3.05, 3.63) is 12.7 Å². The minimum absolute atomic E-state index is 0.00984. The molecule has 0 aromatic carbocycles. The second-order valence-electron chi connectivity index (χ2n) is 4.92. The third-order valence-electron chi connectivity index (χ3n) is 3.54. The Morgan fingerprint density at radius 2 is 2.33 bits per heavy atom. The standard InChI is InChI=1S/C13H17N5O3/c1-2-9(20)17-12-11-13(15-6-14-12)18(7-16-11)10-4-3-8(5-19)21-10/h6-8,10,19H,2-5H2,1H3,(H,14,15,17,20)/t8-,10+/m0/s1. The average Bonchev–Trinajstić information content (AvgIpc) is 3.13. The molecule has 0 unspecified atom stereocenters. The molecule has 1 saturated heterocycles. The second-order valence-corrected chi connectivity index (χ2v) is 4.92. The fourth-order valence-electron chi connectivity index (χ4n) is 2.40. The van der Waals surface area contributed by atoms with E-state index in [4.69, 9.17) is 9.84 Å². The molecule has 2 aromatic heterocycles. The van der Waals surface area contributed by atoms with Crippen LogP contribution in [0.1, 0.15) is 32.4 Å². The molecule has 0 saturated carbocycles. The number of aliphatic hydroxyl groups excluding tert-OH is 1. The first-order valence-electron chi connectivity index (χ1n) is 6.96. The van der Waals surface area contributed by atoms with E-state index in [1.807, 2.05) is 4.57 Å². The van der Waals surface area contributed by atoms with Gasteiger partial charge in [0.2, 0.25) is 5.91 Å². The van der Waals surface area contributed by atoms with E-state index in [0.29, 0.717) is 23.4 Å². The number of hydrogen-bond acceptors (Lipinski definition) is 6. The summed E-state index contributed by atoms with van der Waals surface area (Å²) in [4.78, 5) is 24.1. The Labute approximate surface area is 121 Å². The van der Waals surface area contributed by atoms with Gasteiger partial charge in [0.1, 0.15) is 12.6 Å². The lowest BCUT2D eigenvalue weighted by atomic mass is 10.2. The number of aliphatic hydroxyl groups is 1. The summed E-state index contributed by atoms with van der Waals surface area (Å²) in [6, 6.07) is 0. The molecule has 8 heteroatoms. The minimum Gasteiger partial charge on any atom is -0.394 e. The Morgan fingerprint density at radius 3 is 3.05 bits per heavy atom. The van der Waals surface area contributed by atoms with Crippen LogP contribution in [0.4, 0.5) is 5.82 Å². The van der Waals surface area contributed by atoms with Gasteiger partial charge in [-0.25, -0.2) is 15.0 Å². The van der Waals surface area contributed by atoms with Gasteiger partial charge in [-0.1, -0.05) is 6.92 Å². The van der Waals surface area contributed by atoms with Gasteiger partial charge in [0.15, 0.2) is 17.0 Å². The first-order chi connectivity index (χ1) is 10.2. The fraction of sp³-hybridized carbons (Fsp3) is 0.538. The maximum Gasteiger partial charge on any atom is 0.225 e. The van der Waals surface area contributed by atoms with Gasteiger partial charge in [-0.15, -0.1) is 0 Å². The Kier molecular flexibility index (Phi) is 3.80. The van der Waals surface area contributed by atoms with Crippen LogP contribution in [-0.2, 0) is 9.53 Å². The van der Waals surface area contributed by atoms with Gasteiger partial charge in [-0.2, -0.15) is 0 Å². The van der Waals surface area contributed by atoms with Crippen LogP contribution >= 0.6 is 0 Å². The maximum atomic E-state index is 11.5. The predicted molar refractivity (Wildman–Crippen MR) is 74.5 cm³/mol. The highest BCUT2D eigenvalue weighted by molar-refractivity contribution is 5.96. The predicted octanol–water partition coefficient (Wildman–Crippen LogP) is 0.845. The number of amides is 1. The Hall–Kier alpha value is -2.06. The van der Waals surface area contributed by atoms with Crippen molar-refractivity contribution in [2.45, 2.75) is 38.5 Å². The van der Waals surface area contributed by atoms with Crippen molar-refractivity contribution >= 4 is 22.9 Å². The lowest BCUT2D eigenvalue weighted by Gasteiger charge is -2.13. The number of fused-ring (bicyclic) bond motifs is 1. The molecule has 0 aliphatic carbocycles. The zero-order chi connectivity index (χ0) is 14.8. The molecule has 2 N–H and O–H groups in total. The largest absolute Gasteiger partial charge is 0.394 e. The fourth-order valence-corrected chi connectivity index (χ4v) is 2.40. The Bertz CT molecular complexity index is 656. The van der Waals surface area contributed by atoms with Crippen LogP contribution in [0.15, 0.2) is 12.7 Å². The quantitative estimate of drug-likeness (QED) is 0.865. The Balaban J connectivity index is 1.92. The molecule has 2 aromatic rings. The number of imidazole rings is 1. The molecule has 1 fully saturated rings. The highest BCUT2D eigenvalue weighted by Crippen LogP contribution is 2.31. The molecule has 3 heterocycles. The zero-order valence-corrected chi connectivity index (χ0v) is 11.7. The van der Waals surface area contributed by atoms with Crippen LogP contribution in [0, 0.1) is 0 Å². The summed E-state index contributed by atoms with van der Waals surface area (Å²) in [5, 5.41) is 11.9. The van der Waals surface area contributed by atoms with Crippen molar-refractivity contribution in [2.24, 2.45) is 0 Å². The molecule has 0 spiro atoms. The molecule has 0 bridgehead atoms. The van der Waals surface area contributed by atoms with Gasteiger partial charge in [-0.05, 0) is 12.8 Å². The van der Waals surface area contributed by atoms with E-state index in [0.717, 1.165) is 12.8 Å². The minimum atomic E-state index is -0.197. The van der Waals surface area contributed by atoms with Crippen molar-refractivity contribution in [1.29, 1.82) is 0 Å². The normalized spacial score (nSPS) is 21.8. The monoisotopic (exact) mass is 291 g/mol. The molecule has 8 nitrogen and oxygen atoms in total. The smallest absolute Gasteiger partial charge is 0.225 e.